The molecule has 1 N–H and O–H groups in total. The molecule has 0 radical (unpaired) electrons. The standard InChI is InChI=1S/C20H22F2N2O4/c1-4-24(5-2)19(26)13-8-6-9-14(12-13)23-18(25)15-10-7-11-16(27-3)17(15)28-20(21)22/h6-12,20H,4-5H2,1-3H3,(H,23,25). The number of halogens is 2. The number of amides is 2. The topological polar surface area (TPSA) is 67.9 Å². The van der Waals surface area contributed by atoms with Crippen molar-refractivity contribution in [2.24, 2.45) is 0 Å². The maximum absolute atomic E-state index is 12.7. The molecule has 2 aromatic carbocycles. The number of nitrogens with zero attached hydrogens (tertiary/aromatic N) is 1. The van der Waals surface area contributed by atoms with Crippen LogP contribution in [0, 0.1) is 0 Å². The molecule has 28 heavy (non-hydrogen) atoms. The average Bonchev–Trinajstić information content (AvgIpc) is 2.68. The highest BCUT2D eigenvalue weighted by Gasteiger charge is 2.21. The zero-order valence-corrected chi connectivity index (χ0v) is 15.9. The van der Waals surface area contributed by atoms with Gasteiger partial charge in [0.05, 0.1) is 12.7 Å². The molecule has 0 bridgehead atoms. The summed E-state index contributed by atoms with van der Waals surface area (Å²) in [5, 5.41) is 2.60. The van der Waals surface area contributed by atoms with Crippen LogP contribution >= 0.6 is 0 Å². The first-order valence-corrected chi connectivity index (χ1v) is 8.73. The second kappa shape index (κ2) is 9.68. The Morgan fingerprint density at radius 2 is 1.79 bits per heavy atom. The number of para-hydroxylation sites is 1. The second-order valence-corrected chi connectivity index (χ2v) is 5.73. The molecule has 0 aliphatic carbocycles. The van der Waals surface area contributed by atoms with Crippen molar-refractivity contribution in [1.29, 1.82) is 0 Å². The molecule has 0 fully saturated rings. The molecule has 2 amide bonds. The van der Waals surface area contributed by atoms with Gasteiger partial charge in [0.1, 0.15) is 0 Å². The van der Waals surface area contributed by atoms with Gasteiger partial charge in [0.2, 0.25) is 0 Å². The Balaban J connectivity index is 2.29. The molecule has 2 rings (SSSR count). The molecule has 0 aliphatic heterocycles. The van der Waals surface area contributed by atoms with Gasteiger partial charge in [0, 0.05) is 24.3 Å². The van der Waals surface area contributed by atoms with Crippen LogP contribution in [-0.4, -0.2) is 43.5 Å². The lowest BCUT2D eigenvalue weighted by Crippen LogP contribution is -2.30. The van der Waals surface area contributed by atoms with E-state index in [0.717, 1.165) is 0 Å². The predicted octanol–water partition coefficient (Wildman–Crippen LogP) is 4.03. The third-order valence-electron chi connectivity index (χ3n) is 4.07. The number of hydrogen-bond donors (Lipinski definition) is 1. The van der Waals surface area contributed by atoms with Crippen molar-refractivity contribution < 1.29 is 27.8 Å². The normalized spacial score (nSPS) is 10.5. The minimum atomic E-state index is -3.11. The van der Waals surface area contributed by atoms with Gasteiger partial charge in [-0.05, 0) is 44.2 Å². The molecule has 2 aromatic rings. The van der Waals surface area contributed by atoms with Crippen LogP contribution < -0.4 is 14.8 Å². The highest BCUT2D eigenvalue weighted by Crippen LogP contribution is 2.33. The SMILES string of the molecule is CCN(CC)C(=O)c1cccc(NC(=O)c2cccc(OC)c2OC(F)F)c1. The summed E-state index contributed by atoms with van der Waals surface area (Å²) in [6, 6.07) is 10.7. The number of anilines is 1. The number of nitrogens with one attached hydrogen (secondary N) is 1. The van der Waals surface area contributed by atoms with Crippen molar-refractivity contribution >= 4 is 17.5 Å². The van der Waals surface area contributed by atoms with E-state index >= 15 is 0 Å². The summed E-state index contributed by atoms with van der Waals surface area (Å²) in [7, 11) is 1.29. The average molecular weight is 392 g/mol. The van der Waals surface area contributed by atoms with Gasteiger partial charge in [-0.1, -0.05) is 12.1 Å². The van der Waals surface area contributed by atoms with E-state index in [1.807, 2.05) is 13.8 Å². The van der Waals surface area contributed by atoms with Crippen LogP contribution in [0.3, 0.4) is 0 Å². The maximum Gasteiger partial charge on any atom is 0.387 e. The number of hydrogen-bond acceptors (Lipinski definition) is 4. The summed E-state index contributed by atoms with van der Waals surface area (Å²) in [6.45, 7) is 1.76. The van der Waals surface area contributed by atoms with Crippen molar-refractivity contribution in [1.82, 2.24) is 4.90 Å². The monoisotopic (exact) mass is 392 g/mol. The number of ether oxygens (including phenoxy) is 2. The molecule has 0 aromatic heterocycles. The smallest absolute Gasteiger partial charge is 0.387 e. The van der Waals surface area contributed by atoms with Gasteiger partial charge >= 0.3 is 6.61 Å². The van der Waals surface area contributed by atoms with Crippen molar-refractivity contribution in [2.45, 2.75) is 20.5 Å². The third-order valence-corrected chi connectivity index (χ3v) is 4.07. The number of methoxy groups -OCH3 is 1. The van der Waals surface area contributed by atoms with Crippen LogP contribution in [0.15, 0.2) is 42.5 Å². The number of carbonyl (C=O) groups is 2. The van der Waals surface area contributed by atoms with Crippen LogP contribution in [0.4, 0.5) is 14.5 Å². The molecule has 0 spiro atoms. The first-order valence-electron chi connectivity index (χ1n) is 8.73. The van der Waals surface area contributed by atoms with Gasteiger partial charge in [0.15, 0.2) is 11.5 Å². The van der Waals surface area contributed by atoms with E-state index in [1.54, 1.807) is 23.1 Å². The van der Waals surface area contributed by atoms with Crippen LogP contribution in [0.5, 0.6) is 11.5 Å². The Labute approximate surface area is 162 Å². The maximum atomic E-state index is 12.7. The fraction of sp³-hybridized carbons (Fsp3) is 0.300. The first-order chi connectivity index (χ1) is 13.4. The summed E-state index contributed by atoms with van der Waals surface area (Å²) in [4.78, 5) is 26.7. The number of benzene rings is 2. The second-order valence-electron chi connectivity index (χ2n) is 5.73. The van der Waals surface area contributed by atoms with E-state index in [0.29, 0.717) is 24.3 Å². The third kappa shape index (κ3) is 4.97. The zero-order chi connectivity index (χ0) is 20.7. The highest BCUT2D eigenvalue weighted by atomic mass is 19.3. The Bertz CT molecular complexity index is 839. The van der Waals surface area contributed by atoms with Gasteiger partial charge in [-0.3, -0.25) is 9.59 Å². The van der Waals surface area contributed by atoms with Gasteiger partial charge in [-0.25, -0.2) is 0 Å². The van der Waals surface area contributed by atoms with E-state index in [1.165, 1.54) is 31.4 Å². The first kappa shape index (κ1) is 21.1. The van der Waals surface area contributed by atoms with Crippen LogP contribution in [0.2, 0.25) is 0 Å². The van der Waals surface area contributed by atoms with E-state index in [2.05, 4.69) is 10.1 Å². The number of carbonyl (C=O) groups excluding carboxylic acids is 2. The quantitative estimate of drug-likeness (QED) is 0.737. The van der Waals surface area contributed by atoms with Crippen molar-refractivity contribution in [2.75, 3.05) is 25.5 Å². The van der Waals surface area contributed by atoms with Crippen LogP contribution in [0.25, 0.3) is 0 Å². The highest BCUT2D eigenvalue weighted by molar-refractivity contribution is 6.07. The minimum Gasteiger partial charge on any atom is -0.493 e. The lowest BCUT2D eigenvalue weighted by molar-refractivity contribution is -0.0515. The molecule has 0 aliphatic rings. The van der Waals surface area contributed by atoms with Gasteiger partial charge in [-0.15, -0.1) is 0 Å². The number of alkyl halides is 2. The molecular weight excluding hydrogens is 370 g/mol. The molecule has 0 saturated heterocycles. The fourth-order valence-electron chi connectivity index (χ4n) is 2.69. The van der Waals surface area contributed by atoms with E-state index in [4.69, 9.17) is 4.74 Å². The predicted molar refractivity (Wildman–Crippen MR) is 101 cm³/mol. The van der Waals surface area contributed by atoms with E-state index < -0.39 is 12.5 Å². The summed E-state index contributed by atoms with van der Waals surface area (Å²) in [5.41, 5.74) is 0.658. The molecule has 8 heteroatoms. The Morgan fingerprint density at radius 1 is 1.11 bits per heavy atom. The molecule has 6 nitrogen and oxygen atoms in total. The Kier molecular flexibility index (Phi) is 7.31. The molecular formula is C20H22F2N2O4. The van der Waals surface area contributed by atoms with Crippen molar-refractivity contribution in [3.05, 3.63) is 53.6 Å². The van der Waals surface area contributed by atoms with Crippen molar-refractivity contribution in [3.63, 3.8) is 0 Å². The molecule has 0 saturated carbocycles. The van der Waals surface area contributed by atoms with Gasteiger partial charge < -0.3 is 19.7 Å². The number of rotatable bonds is 8. The van der Waals surface area contributed by atoms with Crippen LogP contribution in [-0.2, 0) is 0 Å². The largest absolute Gasteiger partial charge is 0.493 e. The fourth-order valence-corrected chi connectivity index (χ4v) is 2.69. The lowest BCUT2D eigenvalue weighted by Gasteiger charge is -2.19. The molecule has 0 heterocycles. The summed E-state index contributed by atoms with van der Waals surface area (Å²) in [5.74, 6) is -1.17. The zero-order valence-electron chi connectivity index (χ0n) is 15.9. The van der Waals surface area contributed by atoms with Crippen molar-refractivity contribution in [3.8, 4) is 11.5 Å². The van der Waals surface area contributed by atoms with Gasteiger partial charge in [-0.2, -0.15) is 8.78 Å². The molecule has 0 unspecified atom stereocenters. The summed E-state index contributed by atoms with van der Waals surface area (Å²) in [6.07, 6.45) is 0. The molecule has 0 atom stereocenters. The van der Waals surface area contributed by atoms with E-state index in [-0.39, 0.29) is 23.0 Å². The lowest BCUT2D eigenvalue weighted by atomic mass is 10.1. The Hall–Kier alpha value is -3.16. The van der Waals surface area contributed by atoms with E-state index in [9.17, 15) is 18.4 Å². The molecule has 150 valence electrons. The minimum absolute atomic E-state index is 0.0124. The summed E-state index contributed by atoms with van der Waals surface area (Å²) >= 11 is 0. The Morgan fingerprint density at radius 3 is 2.39 bits per heavy atom. The summed E-state index contributed by atoms with van der Waals surface area (Å²) < 4.78 is 34.9. The van der Waals surface area contributed by atoms with Crippen LogP contribution in [0.1, 0.15) is 34.6 Å². The van der Waals surface area contributed by atoms with Gasteiger partial charge in [0.25, 0.3) is 11.8 Å².